The van der Waals surface area contributed by atoms with Crippen LogP contribution in [0.3, 0.4) is 0 Å². The number of carbonyl (C=O) groups is 2. The molecular formula is C21H25N3O6. The number of amides is 1. The molecule has 1 amide bonds. The van der Waals surface area contributed by atoms with Crippen LogP contribution in [-0.4, -0.2) is 56.6 Å². The predicted molar refractivity (Wildman–Crippen MR) is 106 cm³/mol. The molecule has 9 heteroatoms. The van der Waals surface area contributed by atoms with E-state index >= 15 is 0 Å². The molecule has 0 aromatic heterocycles. The molecule has 0 bridgehead atoms. The quantitative estimate of drug-likeness (QED) is 0.381. The summed E-state index contributed by atoms with van der Waals surface area (Å²) in [4.78, 5) is 25.0. The number of allylic oxidation sites excluding steroid dienone is 4. The number of hydrogen-bond donors (Lipinski definition) is 6. The molecule has 4 aliphatic rings. The maximum Gasteiger partial charge on any atom is 0.253 e. The number of rotatable bonds is 3. The first-order chi connectivity index (χ1) is 14.1. The van der Waals surface area contributed by atoms with Crippen molar-refractivity contribution in [2.24, 2.45) is 35.3 Å². The highest BCUT2D eigenvalue weighted by Gasteiger charge is 2.52. The second kappa shape index (κ2) is 7.10. The molecule has 0 heterocycles. The topological polar surface area (TPSA) is 168 Å². The van der Waals surface area contributed by atoms with Gasteiger partial charge in [0, 0.05) is 31.2 Å². The molecule has 0 radical (unpaired) electrons. The number of aliphatic hydroxyl groups excluding tert-OH is 3. The van der Waals surface area contributed by atoms with Gasteiger partial charge < -0.3 is 31.7 Å². The Labute approximate surface area is 172 Å². The number of carbonyl (C=O) groups excluding carboxylic acids is 2. The normalized spacial score (nSPS) is 33.6. The van der Waals surface area contributed by atoms with Crippen molar-refractivity contribution in [1.82, 2.24) is 5.06 Å². The van der Waals surface area contributed by atoms with Crippen molar-refractivity contribution >= 4 is 17.4 Å². The van der Waals surface area contributed by atoms with Crippen molar-refractivity contribution in [3.05, 3.63) is 46.1 Å². The Morgan fingerprint density at radius 2 is 1.97 bits per heavy atom. The number of nitrogens with two attached hydrogens (primary N) is 1. The maximum absolute atomic E-state index is 13.3. The third-order valence-electron chi connectivity index (χ3n) is 6.77. The second-order valence-corrected chi connectivity index (χ2v) is 8.60. The van der Waals surface area contributed by atoms with E-state index in [2.05, 4.69) is 0 Å². The van der Waals surface area contributed by atoms with Gasteiger partial charge in [0.15, 0.2) is 5.78 Å². The molecule has 30 heavy (non-hydrogen) atoms. The lowest BCUT2D eigenvalue weighted by Gasteiger charge is -2.45. The van der Waals surface area contributed by atoms with E-state index in [0.717, 1.165) is 5.06 Å². The number of hydrogen-bond acceptors (Lipinski definition) is 8. The van der Waals surface area contributed by atoms with Crippen LogP contribution in [0, 0.1) is 35.0 Å². The van der Waals surface area contributed by atoms with Crippen LogP contribution in [-0.2, 0) is 9.59 Å². The highest BCUT2D eigenvalue weighted by molar-refractivity contribution is 6.28. The molecule has 0 aromatic rings. The molecule has 0 aromatic carbocycles. The molecular weight excluding hydrogens is 390 g/mol. The number of Topliss-reactive ketones (excluding diaryl/α,β-unsaturated/α-hetero) is 1. The third-order valence-corrected chi connectivity index (χ3v) is 6.77. The summed E-state index contributed by atoms with van der Waals surface area (Å²) < 4.78 is 0. The Morgan fingerprint density at radius 1 is 1.27 bits per heavy atom. The Bertz CT molecular complexity index is 973. The summed E-state index contributed by atoms with van der Waals surface area (Å²) in [5.74, 6) is -4.18. The smallest absolute Gasteiger partial charge is 0.253 e. The second-order valence-electron chi connectivity index (χ2n) is 8.60. The van der Waals surface area contributed by atoms with Crippen molar-refractivity contribution in [2.45, 2.75) is 19.3 Å². The summed E-state index contributed by atoms with van der Waals surface area (Å²) in [5.41, 5.74) is 5.09. The van der Waals surface area contributed by atoms with Gasteiger partial charge in [-0.3, -0.25) is 9.59 Å². The van der Waals surface area contributed by atoms with Crippen LogP contribution >= 0.6 is 0 Å². The van der Waals surface area contributed by atoms with Crippen molar-refractivity contribution in [3.63, 3.8) is 0 Å². The zero-order chi connectivity index (χ0) is 21.9. The molecule has 160 valence electrons. The lowest BCUT2D eigenvalue weighted by atomic mass is 9.58. The van der Waals surface area contributed by atoms with Crippen LogP contribution in [0.2, 0.25) is 0 Å². The monoisotopic (exact) mass is 415 g/mol. The fourth-order valence-electron chi connectivity index (χ4n) is 5.61. The molecule has 4 unspecified atom stereocenters. The lowest BCUT2D eigenvalue weighted by molar-refractivity contribution is -0.121. The minimum absolute atomic E-state index is 0.0723. The number of nitrogens with zero attached hydrogens (tertiary/aromatic N) is 1. The van der Waals surface area contributed by atoms with Gasteiger partial charge in [-0.05, 0) is 42.6 Å². The van der Waals surface area contributed by atoms with E-state index in [0.29, 0.717) is 19.4 Å². The molecule has 5 atom stereocenters. The summed E-state index contributed by atoms with van der Waals surface area (Å²) in [5, 5.41) is 50.7. The molecule has 4 aliphatic carbocycles. The van der Waals surface area contributed by atoms with E-state index in [4.69, 9.17) is 11.1 Å². The van der Waals surface area contributed by atoms with Crippen molar-refractivity contribution in [2.75, 3.05) is 13.6 Å². The van der Waals surface area contributed by atoms with Crippen LogP contribution in [0.1, 0.15) is 19.3 Å². The standard InChI is InChI=1S/C21H25N3O6/c1-24(30)7-8-2-3-12(25)16-11(8)5-9-4-10-6-13(26)17(21(23)29)18(22)14(10)19(27)15(9)20(16)28/h2-3,8-11,14,22,25-26,28,30H,4-7H2,1H3,(H2,23,29)/t8?,9?,10-,11?,14?/m0/s1. The molecule has 0 saturated heterocycles. The van der Waals surface area contributed by atoms with E-state index in [1.165, 1.54) is 13.1 Å². The van der Waals surface area contributed by atoms with Gasteiger partial charge in [-0.2, -0.15) is 5.06 Å². The average molecular weight is 415 g/mol. The van der Waals surface area contributed by atoms with Gasteiger partial charge in [0.1, 0.15) is 17.3 Å². The van der Waals surface area contributed by atoms with Crippen LogP contribution in [0.5, 0.6) is 0 Å². The minimum Gasteiger partial charge on any atom is -0.511 e. The first kappa shape index (κ1) is 20.4. The van der Waals surface area contributed by atoms with Gasteiger partial charge in [-0.1, -0.05) is 6.08 Å². The van der Waals surface area contributed by atoms with Gasteiger partial charge >= 0.3 is 0 Å². The van der Waals surface area contributed by atoms with Gasteiger partial charge in [-0.25, -0.2) is 0 Å². The van der Waals surface area contributed by atoms with E-state index in [1.54, 1.807) is 6.08 Å². The van der Waals surface area contributed by atoms with Crippen LogP contribution in [0.15, 0.2) is 46.1 Å². The minimum atomic E-state index is -0.963. The number of aliphatic hydroxyl groups is 3. The van der Waals surface area contributed by atoms with E-state index in [9.17, 15) is 30.1 Å². The summed E-state index contributed by atoms with van der Waals surface area (Å²) in [6.07, 6.45) is 4.25. The van der Waals surface area contributed by atoms with Crippen LogP contribution < -0.4 is 5.73 Å². The SMILES string of the molecule is CN(O)CC1C=CC(O)=C2C(O)=C3C(=O)C4C(=N)C(C(N)=O)=C(O)C[C@@H]4CC3CC21. The Hall–Kier alpha value is -2.91. The van der Waals surface area contributed by atoms with E-state index in [1.807, 2.05) is 0 Å². The zero-order valence-corrected chi connectivity index (χ0v) is 16.5. The van der Waals surface area contributed by atoms with E-state index < -0.39 is 17.6 Å². The van der Waals surface area contributed by atoms with Gasteiger partial charge in [0.25, 0.3) is 5.91 Å². The maximum atomic E-state index is 13.3. The first-order valence-corrected chi connectivity index (χ1v) is 9.91. The highest BCUT2D eigenvalue weighted by atomic mass is 16.5. The van der Waals surface area contributed by atoms with E-state index in [-0.39, 0.29) is 69.8 Å². The zero-order valence-electron chi connectivity index (χ0n) is 16.5. The van der Waals surface area contributed by atoms with Crippen LogP contribution in [0.4, 0.5) is 0 Å². The largest absolute Gasteiger partial charge is 0.511 e. The summed E-state index contributed by atoms with van der Waals surface area (Å²) in [6, 6.07) is 0. The number of nitrogens with one attached hydrogen (secondary N) is 1. The van der Waals surface area contributed by atoms with Crippen molar-refractivity contribution in [3.8, 4) is 0 Å². The molecule has 1 saturated carbocycles. The molecule has 1 fully saturated rings. The van der Waals surface area contributed by atoms with Gasteiger partial charge in [0.05, 0.1) is 17.2 Å². The predicted octanol–water partition coefficient (Wildman–Crippen LogP) is 1.68. The number of hydroxylamine groups is 2. The summed E-state index contributed by atoms with van der Waals surface area (Å²) >= 11 is 0. The number of primary amides is 1. The van der Waals surface area contributed by atoms with Crippen LogP contribution in [0.25, 0.3) is 0 Å². The number of fused-ring (bicyclic) bond motifs is 3. The third kappa shape index (κ3) is 2.96. The number of ketones is 1. The Balaban J connectivity index is 1.76. The fourth-order valence-corrected chi connectivity index (χ4v) is 5.61. The highest BCUT2D eigenvalue weighted by Crippen LogP contribution is 2.52. The average Bonchev–Trinajstić information content (AvgIpc) is 2.62. The molecule has 0 aliphatic heterocycles. The summed E-state index contributed by atoms with van der Waals surface area (Å²) in [6.45, 7) is 0.295. The van der Waals surface area contributed by atoms with Gasteiger partial charge in [0.2, 0.25) is 0 Å². The Kier molecular flexibility index (Phi) is 4.82. The van der Waals surface area contributed by atoms with Crippen molar-refractivity contribution < 1.29 is 30.1 Å². The van der Waals surface area contributed by atoms with Gasteiger partial charge in [-0.15, -0.1) is 0 Å². The molecule has 4 rings (SSSR count). The first-order valence-electron chi connectivity index (χ1n) is 9.91. The molecule has 9 nitrogen and oxygen atoms in total. The Morgan fingerprint density at radius 3 is 2.60 bits per heavy atom. The fraction of sp³-hybridized carbons (Fsp3) is 0.476. The summed E-state index contributed by atoms with van der Waals surface area (Å²) in [7, 11) is 1.52. The molecule has 7 N–H and O–H groups in total. The van der Waals surface area contributed by atoms with Crippen molar-refractivity contribution in [1.29, 1.82) is 5.41 Å². The lowest BCUT2D eigenvalue weighted by Crippen LogP contribution is -2.47. The molecule has 0 spiro atoms.